The summed E-state index contributed by atoms with van der Waals surface area (Å²) in [7, 11) is 0. The molecule has 1 saturated heterocycles. The molecular formula is C16H20O7. The van der Waals surface area contributed by atoms with E-state index in [1.54, 1.807) is 44.2 Å². The first kappa shape index (κ1) is 16.4. The second-order valence-electron chi connectivity index (χ2n) is 6.27. The topological polar surface area (TPSA) is 105 Å². The van der Waals surface area contributed by atoms with Crippen molar-refractivity contribution in [2.24, 2.45) is 0 Å². The summed E-state index contributed by atoms with van der Waals surface area (Å²) in [6.45, 7) is 3.29. The lowest BCUT2D eigenvalue weighted by Gasteiger charge is -2.40. The van der Waals surface area contributed by atoms with E-state index in [9.17, 15) is 20.1 Å². The van der Waals surface area contributed by atoms with Crippen LogP contribution < -0.4 is 0 Å². The van der Waals surface area contributed by atoms with Gasteiger partial charge in [0, 0.05) is 0 Å². The van der Waals surface area contributed by atoms with Crippen LogP contribution in [0.5, 0.6) is 0 Å². The largest absolute Gasteiger partial charge is 0.453 e. The van der Waals surface area contributed by atoms with Crippen LogP contribution in [0.1, 0.15) is 24.2 Å². The number of hydrogen-bond acceptors (Lipinski definition) is 7. The van der Waals surface area contributed by atoms with Gasteiger partial charge in [-0.05, 0) is 26.0 Å². The number of rotatable bonds is 2. The van der Waals surface area contributed by atoms with Crippen molar-refractivity contribution in [2.45, 2.75) is 56.3 Å². The number of ether oxygens (including phenoxy) is 3. The third-order valence-corrected chi connectivity index (χ3v) is 4.11. The Balaban J connectivity index is 1.83. The molecule has 3 N–H and O–H groups in total. The zero-order valence-corrected chi connectivity index (χ0v) is 12.8. The molecule has 0 unspecified atom stereocenters. The van der Waals surface area contributed by atoms with Crippen LogP contribution in [0.15, 0.2) is 30.3 Å². The van der Waals surface area contributed by atoms with E-state index in [2.05, 4.69) is 0 Å². The Labute approximate surface area is 133 Å². The molecule has 7 nitrogen and oxygen atoms in total. The van der Waals surface area contributed by atoms with E-state index < -0.39 is 48.4 Å². The SMILES string of the molecule is CC1(C)O[C@@H]2[C@H](O1)[C@H](O)[C@@H](O)[C@@H](O)[C@@H]2OC(=O)c1ccccc1. The Bertz CT molecular complexity index is 573. The molecule has 126 valence electrons. The summed E-state index contributed by atoms with van der Waals surface area (Å²) in [4.78, 5) is 12.2. The van der Waals surface area contributed by atoms with Crippen molar-refractivity contribution in [1.82, 2.24) is 0 Å². The molecule has 7 heteroatoms. The summed E-state index contributed by atoms with van der Waals surface area (Å²) in [6.07, 6.45) is -7.21. The van der Waals surface area contributed by atoms with E-state index >= 15 is 0 Å². The fourth-order valence-electron chi connectivity index (χ4n) is 3.02. The predicted octanol–water partition coefficient (Wildman–Crippen LogP) is -0.172. The van der Waals surface area contributed by atoms with E-state index in [0.717, 1.165) is 0 Å². The summed E-state index contributed by atoms with van der Waals surface area (Å²) in [6, 6.07) is 8.30. The zero-order chi connectivity index (χ0) is 16.8. The number of carbonyl (C=O) groups is 1. The van der Waals surface area contributed by atoms with Gasteiger partial charge in [-0.15, -0.1) is 0 Å². The molecule has 1 aliphatic heterocycles. The van der Waals surface area contributed by atoms with Crippen molar-refractivity contribution in [2.75, 3.05) is 0 Å². The molecule has 0 bridgehead atoms. The monoisotopic (exact) mass is 324 g/mol. The Morgan fingerprint density at radius 1 is 1.00 bits per heavy atom. The van der Waals surface area contributed by atoms with Crippen molar-refractivity contribution >= 4 is 5.97 Å². The van der Waals surface area contributed by atoms with Gasteiger partial charge in [-0.3, -0.25) is 0 Å². The van der Waals surface area contributed by atoms with Crippen molar-refractivity contribution in [3.05, 3.63) is 35.9 Å². The Hall–Kier alpha value is -1.51. The van der Waals surface area contributed by atoms with Gasteiger partial charge in [0.2, 0.25) is 0 Å². The molecule has 1 aliphatic carbocycles. The summed E-state index contributed by atoms with van der Waals surface area (Å²) in [5, 5.41) is 30.3. The van der Waals surface area contributed by atoms with Gasteiger partial charge in [0.25, 0.3) is 0 Å². The molecular weight excluding hydrogens is 304 g/mol. The zero-order valence-electron chi connectivity index (χ0n) is 12.8. The van der Waals surface area contributed by atoms with E-state index in [-0.39, 0.29) is 0 Å². The molecule has 1 aromatic rings. The lowest BCUT2D eigenvalue weighted by Crippen LogP contribution is -2.63. The summed E-state index contributed by atoms with van der Waals surface area (Å²) in [5.41, 5.74) is 0.315. The fraction of sp³-hybridized carbons (Fsp3) is 0.562. The van der Waals surface area contributed by atoms with Crippen LogP contribution in [0.4, 0.5) is 0 Å². The fourth-order valence-corrected chi connectivity index (χ4v) is 3.02. The van der Waals surface area contributed by atoms with Crippen molar-refractivity contribution < 1.29 is 34.3 Å². The van der Waals surface area contributed by atoms with Gasteiger partial charge < -0.3 is 29.5 Å². The number of aliphatic hydroxyl groups excluding tert-OH is 3. The lowest BCUT2D eigenvalue weighted by molar-refractivity contribution is -0.193. The van der Waals surface area contributed by atoms with Crippen LogP contribution in [-0.2, 0) is 14.2 Å². The second kappa shape index (κ2) is 5.85. The normalized spacial score (nSPS) is 38.8. The van der Waals surface area contributed by atoms with E-state index in [1.165, 1.54) is 0 Å². The molecule has 2 aliphatic rings. The molecule has 2 fully saturated rings. The Kier molecular flexibility index (Phi) is 4.16. The summed E-state index contributed by atoms with van der Waals surface area (Å²) in [5.74, 6) is -1.66. The summed E-state index contributed by atoms with van der Waals surface area (Å²) < 4.78 is 16.6. The molecule has 6 atom stereocenters. The third-order valence-electron chi connectivity index (χ3n) is 4.11. The Morgan fingerprint density at radius 3 is 2.26 bits per heavy atom. The number of carbonyl (C=O) groups excluding carboxylic acids is 1. The van der Waals surface area contributed by atoms with Gasteiger partial charge in [-0.2, -0.15) is 0 Å². The number of hydrogen-bond donors (Lipinski definition) is 3. The van der Waals surface area contributed by atoms with E-state index in [1.807, 2.05) is 0 Å². The lowest BCUT2D eigenvalue weighted by atomic mass is 9.85. The maximum Gasteiger partial charge on any atom is 0.338 e. The first-order chi connectivity index (χ1) is 10.8. The molecule has 1 aromatic carbocycles. The minimum atomic E-state index is -1.50. The van der Waals surface area contributed by atoms with Crippen LogP contribution in [0.3, 0.4) is 0 Å². The molecule has 0 aromatic heterocycles. The van der Waals surface area contributed by atoms with Crippen LogP contribution in [0.2, 0.25) is 0 Å². The Morgan fingerprint density at radius 2 is 1.61 bits per heavy atom. The molecule has 1 saturated carbocycles. The number of fused-ring (bicyclic) bond motifs is 1. The maximum atomic E-state index is 12.2. The predicted molar refractivity (Wildman–Crippen MR) is 77.5 cm³/mol. The third kappa shape index (κ3) is 2.98. The van der Waals surface area contributed by atoms with Gasteiger partial charge in [-0.25, -0.2) is 4.79 Å². The van der Waals surface area contributed by atoms with Gasteiger partial charge in [-0.1, -0.05) is 18.2 Å². The maximum absolute atomic E-state index is 12.2. The second-order valence-corrected chi connectivity index (χ2v) is 6.27. The average molecular weight is 324 g/mol. The average Bonchev–Trinajstić information content (AvgIpc) is 2.86. The molecule has 0 radical (unpaired) electrons. The van der Waals surface area contributed by atoms with Crippen molar-refractivity contribution in [1.29, 1.82) is 0 Å². The smallest absolute Gasteiger partial charge is 0.338 e. The minimum Gasteiger partial charge on any atom is -0.453 e. The highest BCUT2D eigenvalue weighted by atomic mass is 16.8. The van der Waals surface area contributed by atoms with Crippen LogP contribution in [-0.4, -0.2) is 63.7 Å². The highest BCUT2D eigenvalue weighted by molar-refractivity contribution is 5.89. The summed E-state index contributed by atoms with van der Waals surface area (Å²) >= 11 is 0. The number of benzene rings is 1. The number of esters is 1. The number of aliphatic hydroxyl groups is 3. The molecule has 0 spiro atoms. The quantitative estimate of drug-likeness (QED) is 0.649. The van der Waals surface area contributed by atoms with Gasteiger partial charge in [0.1, 0.15) is 30.5 Å². The highest BCUT2D eigenvalue weighted by Gasteiger charge is 2.58. The first-order valence-electron chi connectivity index (χ1n) is 7.46. The first-order valence-corrected chi connectivity index (χ1v) is 7.46. The van der Waals surface area contributed by atoms with Crippen LogP contribution in [0.25, 0.3) is 0 Å². The van der Waals surface area contributed by atoms with E-state index in [4.69, 9.17) is 14.2 Å². The molecule has 1 heterocycles. The van der Waals surface area contributed by atoms with Crippen LogP contribution in [0, 0.1) is 0 Å². The highest BCUT2D eigenvalue weighted by Crippen LogP contribution is 2.38. The van der Waals surface area contributed by atoms with Gasteiger partial charge in [0.15, 0.2) is 11.9 Å². The van der Waals surface area contributed by atoms with Gasteiger partial charge in [0.05, 0.1) is 5.56 Å². The van der Waals surface area contributed by atoms with Crippen LogP contribution >= 0.6 is 0 Å². The molecule has 23 heavy (non-hydrogen) atoms. The molecule has 3 rings (SSSR count). The van der Waals surface area contributed by atoms with Crippen molar-refractivity contribution in [3.63, 3.8) is 0 Å². The van der Waals surface area contributed by atoms with Gasteiger partial charge >= 0.3 is 5.97 Å². The van der Waals surface area contributed by atoms with Crippen molar-refractivity contribution in [3.8, 4) is 0 Å². The molecule has 0 amide bonds. The minimum absolute atomic E-state index is 0.315. The van der Waals surface area contributed by atoms with E-state index in [0.29, 0.717) is 5.56 Å². The standard InChI is InChI=1S/C16H20O7/c1-16(2)22-13-11(19)9(17)10(18)12(14(13)23-16)21-15(20)8-6-4-3-5-7-8/h3-7,9-14,17-19H,1-2H3/t9-,10+,11+,12-,13+,14-/m0/s1.